The molecule has 12 nitrogen and oxygen atoms in total. The Bertz CT molecular complexity index is 8440. The van der Waals surface area contributed by atoms with E-state index in [9.17, 15) is 15.8 Å². The Labute approximate surface area is 686 Å². The van der Waals surface area contributed by atoms with Crippen molar-refractivity contribution < 1.29 is 13.3 Å². The van der Waals surface area contributed by atoms with Crippen molar-refractivity contribution in [2.24, 2.45) is 0 Å². The predicted molar refractivity (Wildman–Crippen MR) is 484 cm³/mol. The first kappa shape index (κ1) is 69.7. The second kappa shape index (κ2) is 28.8. The summed E-state index contributed by atoms with van der Waals surface area (Å²) in [6.07, 6.45) is 5.05. The fraction of sp³-hybridized carbons (Fsp3) is 0. The smallest absolute Gasteiger partial charge is 0.145 e. The van der Waals surface area contributed by atoms with E-state index in [0.717, 1.165) is 210 Å². The predicted octanol–water partition coefficient (Wildman–Crippen LogP) is 27.9. The van der Waals surface area contributed by atoms with Crippen LogP contribution in [0.1, 0.15) is 16.7 Å². The largest absolute Gasteiger partial charge is 0.455 e. The van der Waals surface area contributed by atoms with Gasteiger partial charge in [0.1, 0.15) is 45.6 Å². The van der Waals surface area contributed by atoms with E-state index in [0.29, 0.717) is 22.4 Å². The number of nitrogens with zero attached hydrogens (tertiary/aromatic N) is 9. The van der Waals surface area contributed by atoms with Gasteiger partial charge in [-0.1, -0.05) is 218 Å². The van der Waals surface area contributed by atoms with Gasteiger partial charge in [-0.25, -0.2) is 0 Å². The molecule has 0 atom stereocenters. The Hall–Kier alpha value is -17.0. The number of hydrogen-bond donors (Lipinski definition) is 0. The molecular formula is C108H63N9O3. The first-order valence-corrected chi connectivity index (χ1v) is 39.6. The maximum atomic E-state index is 9.73. The molecule has 9 aromatic heterocycles. The average molecular weight is 1530 g/mol. The van der Waals surface area contributed by atoms with Crippen LogP contribution in [0.4, 0.5) is 0 Å². The van der Waals surface area contributed by atoms with Crippen molar-refractivity contribution in [1.29, 1.82) is 15.8 Å². The summed E-state index contributed by atoms with van der Waals surface area (Å²) in [5, 5.41) is 42.0. The van der Waals surface area contributed by atoms with Crippen LogP contribution >= 0.6 is 0 Å². The summed E-state index contributed by atoms with van der Waals surface area (Å²) in [4.78, 5) is 13.7. The summed E-state index contributed by atoms with van der Waals surface area (Å²) < 4.78 is 26.3. The van der Waals surface area contributed by atoms with E-state index in [1.807, 2.05) is 103 Å². The molecule has 0 N–H and O–H groups in total. The third kappa shape index (κ3) is 11.5. The Morgan fingerprint density at radius 2 is 0.625 bits per heavy atom. The summed E-state index contributed by atoms with van der Waals surface area (Å²) in [6.45, 7) is 0. The fourth-order valence-corrected chi connectivity index (χ4v) is 17.8. The number of benzene rings is 15. The highest BCUT2D eigenvalue weighted by Gasteiger charge is 2.25. The van der Waals surface area contributed by atoms with Gasteiger partial charge in [-0.2, -0.15) is 15.8 Å². The molecule has 0 aliphatic carbocycles. The van der Waals surface area contributed by atoms with Gasteiger partial charge in [0.2, 0.25) is 0 Å². The van der Waals surface area contributed by atoms with Crippen LogP contribution in [0.2, 0.25) is 0 Å². The second-order valence-corrected chi connectivity index (χ2v) is 29.7. The number of fused-ring (bicyclic) bond motifs is 21. The molecule has 0 radical (unpaired) electrons. The van der Waals surface area contributed by atoms with Crippen LogP contribution < -0.4 is 0 Å². The highest BCUT2D eigenvalue weighted by Crippen LogP contribution is 2.47. The molecule has 0 bridgehead atoms. The Morgan fingerprint density at radius 1 is 0.242 bits per heavy atom. The molecule has 12 heteroatoms. The van der Waals surface area contributed by atoms with Crippen molar-refractivity contribution in [2.75, 3.05) is 0 Å². The number of aromatic nitrogens is 6. The molecule has 24 aromatic rings. The topological polar surface area (TPSA) is 164 Å². The summed E-state index contributed by atoms with van der Waals surface area (Å²) in [5.41, 5.74) is 28.6. The molecule has 15 aromatic carbocycles. The van der Waals surface area contributed by atoms with E-state index in [4.69, 9.17) is 13.3 Å². The van der Waals surface area contributed by atoms with E-state index >= 15 is 0 Å². The standard InChI is InChI=1S/3C36H21N3O/c37-22-24-10-8-20-38-35(24)28-14-2-1-12-26(28)23-9-7-11-25(21-23)39-31-16-5-3-15-30(31)34-32(39)19-18-29-27-13-4-6-17-33(27)40-36(29)34;37-21-23-16-18-31(38-22-23)27-11-2-1-10-26(27)24-8-7-9-25(20-24)39-32-14-5-3-13-30(32)35-33(39)19-17-29-28-12-4-6-15-34(28)40-36(29)35;37-22-23-18-19-38-31(20-23)27-11-2-1-10-26(27)24-8-7-9-25(21-24)39-32-14-5-3-13-30(32)35-33(39)17-16-29-28-12-4-6-15-34(28)40-36(29)35/h1-21H;1-20,22H;1-21H. The van der Waals surface area contributed by atoms with Crippen molar-refractivity contribution in [3.8, 4) is 102 Å². The number of furan rings is 3. The molecule has 9 heterocycles. The maximum Gasteiger partial charge on any atom is 0.145 e. The Kier molecular flexibility index (Phi) is 16.8. The van der Waals surface area contributed by atoms with Gasteiger partial charge in [-0.3, -0.25) is 15.0 Å². The summed E-state index contributed by atoms with van der Waals surface area (Å²) in [6, 6.07) is 131. The van der Waals surface area contributed by atoms with Gasteiger partial charge in [-0.15, -0.1) is 0 Å². The molecule has 24 rings (SSSR count). The lowest BCUT2D eigenvalue weighted by molar-refractivity contribution is 0.672. The average Bonchev–Trinajstić information content (AvgIpc) is 1.57. The molecule has 0 saturated carbocycles. The lowest BCUT2D eigenvalue weighted by Gasteiger charge is -2.13. The van der Waals surface area contributed by atoms with Crippen LogP contribution in [-0.4, -0.2) is 28.7 Å². The van der Waals surface area contributed by atoms with E-state index < -0.39 is 0 Å². The zero-order valence-corrected chi connectivity index (χ0v) is 64.1. The van der Waals surface area contributed by atoms with E-state index in [1.54, 1.807) is 30.7 Å². The minimum atomic E-state index is 0.549. The number of hydrogen-bond acceptors (Lipinski definition) is 9. The minimum Gasteiger partial charge on any atom is -0.455 e. The molecule has 0 unspecified atom stereocenters. The number of para-hydroxylation sites is 6. The molecule has 0 fully saturated rings. The van der Waals surface area contributed by atoms with E-state index in [1.165, 1.54) is 0 Å². The molecule has 120 heavy (non-hydrogen) atoms. The second-order valence-electron chi connectivity index (χ2n) is 29.7. The van der Waals surface area contributed by atoms with Gasteiger partial charge >= 0.3 is 0 Å². The van der Waals surface area contributed by atoms with E-state index in [2.05, 4.69) is 296 Å². The quantitative estimate of drug-likeness (QED) is 0.137. The highest BCUT2D eigenvalue weighted by atomic mass is 16.3. The molecule has 558 valence electrons. The Morgan fingerprint density at radius 3 is 1.04 bits per heavy atom. The van der Waals surface area contributed by atoms with Crippen molar-refractivity contribution in [1.82, 2.24) is 28.7 Å². The Balaban J connectivity index is 0.000000108. The normalized spacial score (nSPS) is 11.5. The summed E-state index contributed by atoms with van der Waals surface area (Å²) in [5.74, 6) is 0. The summed E-state index contributed by atoms with van der Waals surface area (Å²) in [7, 11) is 0. The molecular weight excluding hydrogens is 1470 g/mol. The van der Waals surface area contributed by atoms with Crippen LogP contribution in [0.5, 0.6) is 0 Å². The monoisotopic (exact) mass is 1530 g/mol. The van der Waals surface area contributed by atoms with E-state index in [-0.39, 0.29) is 0 Å². The number of rotatable bonds is 9. The zero-order valence-electron chi connectivity index (χ0n) is 64.1. The molecule has 0 amide bonds. The lowest BCUT2D eigenvalue weighted by atomic mass is 9.95. The van der Waals surface area contributed by atoms with Crippen molar-refractivity contribution >= 4 is 131 Å². The van der Waals surface area contributed by atoms with Crippen LogP contribution in [-0.2, 0) is 0 Å². The van der Waals surface area contributed by atoms with Gasteiger partial charge in [0.05, 0.1) is 89.1 Å². The molecule has 0 saturated heterocycles. The van der Waals surface area contributed by atoms with Gasteiger partial charge in [0.15, 0.2) is 0 Å². The first-order chi connectivity index (χ1) is 59.4. The van der Waals surface area contributed by atoms with Crippen molar-refractivity contribution in [3.63, 3.8) is 0 Å². The molecule has 0 aliphatic heterocycles. The minimum absolute atomic E-state index is 0.549. The van der Waals surface area contributed by atoms with Gasteiger partial charge in [0, 0.05) is 101 Å². The third-order valence-electron chi connectivity index (χ3n) is 23.1. The van der Waals surface area contributed by atoms with Crippen LogP contribution in [0, 0.1) is 34.0 Å². The zero-order chi connectivity index (χ0) is 79.9. The molecule has 0 spiro atoms. The highest BCUT2D eigenvalue weighted by molar-refractivity contribution is 6.27. The third-order valence-corrected chi connectivity index (χ3v) is 23.1. The lowest BCUT2D eigenvalue weighted by Crippen LogP contribution is -1.95. The first-order valence-electron chi connectivity index (χ1n) is 39.6. The van der Waals surface area contributed by atoms with Crippen molar-refractivity contribution in [2.45, 2.75) is 0 Å². The van der Waals surface area contributed by atoms with Gasteiger partial charge < -0.3 is 27.0 Å². The summed E-state index contributed by atoms with van der Waals surface area (Å²) >= 11 is 0. The van der Waals surface area contributed by atoms with Gasteiger partial charge in [-0.05, 0) is 179 Å². The number of nitriles is 3. The van der Waals surface area contributed by atoms with Gasteiger partial charge in [0.25, 0.3) is 0 Å². The number of pyridine rings is 3. The fourth-order valence-electron chi connectivity index (χ4n) is 17.8. The van der Waals surface area contributed by atoms with Crippen LogP contribution in [0.3, 0.4) is 0 Å². The van der Waals surface area contributed by atoms with Crippen molar-refractivity contribution in [3.05, 3.63) is 399 Å². The van der Waals surface area contributed by atoms with Crippen LogP contribution in [0.25, 0.3) is 215 Å². The maximum absolute atomic E-state index is 9.73. The van der Waals surface area contributed by atoms with Crippen LogP contribution in [0.15, 0.2) is 396 Å². The SMILES string of the molecule is N#Cc1ccc(-c2ccccc2-c2cccc(-n3c4ccccc4c4c5oc6ccccc6c5ccc43)c2)nc1.N#Cc1cccnc1-c1ccccc1-c1cccc(-n2c3ccccc3c3c4oc5ccccc5c4ccc32)c1.N#Cc1ccnc(-c2ccccc2-c2cccc(-n3c4ccccc4c4c5oc6ccccc6c5ccc43)c2)c1. The molecule has 0 aliphatic rings.